The first kappa shape index (κ1) is 25.7. The topological polar surface area (TPSA) is 127 Å². The number of pyridine rings is 1. The van der Waals surface area contributed by atoms with Gasteiger partial charge in [-0.3, -0.25) is 15.1 Å². The standard InChI is InChI=1S/C25H23F2N7O2S/c1-29-10-9-21(28)31-15-6-7-16(17(11-15)18-12-19(23(26)27)30-13-20(18)36-2)24(35)32-25-34-33-22(37-25)8-5-14-3-4-14/h6-7,9-14,23,29H,3-4H2,1-2H3,(H2,28,31)(H,32,34,35)/b10-9-. The van der Waals surface area contributed by atoms with E-state index in [1.165, 1.54) is 25.4 Å². The summed E-state index contributed by atoms with van der Waals surface area (Å²) in [7, 11) is 3.10. The van der Waals surface area contributed by atoms with Gasteiger partial charge in [0.15, 0.2) is 5.01 Å². The maximum atomic E-state index is 13.5. The Morgan fingerprint density at radius 1 is 1.30 bits per heavy atom. The number of ether oxygens (including phenoxy) is 1. The van der Waals surface area contributed by atoms with Crippen molar-refractivity contribution < 1.29 is 18.3 Å². The van der Waals surface area contributed by atoms with Crippen molar-refractivity contribution >= 4 is 33.9 Å². The molecule has 37 heavy (non-hydrogen) atoms. The Kier molecular flexibility index (Phi) is 8.05. The lowest BCUT2D eigenvalue weighted by Crippen LogP contribution is -2.13. The quantitative estimate of drug-likeness (QED) is 0.228. The van der Waals surface area contributed by atoms with Gasteiger partial charge in [0.25, 0.3) is 12.3 Å². The lowest BCUT2D eigenvalue weighted by Gasteiger charge is -2.14. The average Bonchev–Trinajstić information content (AvgIpc) is 3.63. The molecule has 2 heterocycles. The zero-order chi connectivity index (χ0) is 26.4. The molecule has 190 valence electrons. The van der Waals surface area contributed by atoms with Gasteiger partial charge in [0.2, 0.25) is 5.13 Å². The fourth-order valence-electron chi connectivity index (χ4n) is 3.21. The van der Waals surface area contributed by atoms with Gasteiger partial charge in [0, 0.05) is 29.7 Å². The number of aliphatic imine (C=N–C) groups is 1. The maximum Gasteiger partial charge on any atom is 0.280 e. The summed E-state index contributed by atoms with van der Waals surface area (Å²) in [6.45, 7) is 0. The van der Waals surface area contributed by atoms with E-state index in [1.54, 1.807) is 31.5 Å². The molecule has 4 rings (SSSR count). The van der Waals surface area contributed by atoms with Crippen molar-refractivity contribution in [2.45, 2.75) is 19.3 Å². The van der Waals surface area contributed by atoms with Gasteiger partial charge < -0.3 is 15.8 Å². The zero-order valence-electron chi connectivity index (χ0n) is 20.0. The van der Waals surface area contributed by atoms with Gasteiger partial charge in [0.05, 0.1) is 19.0 Å². The van der Waals surface area contributed by atoms with Crippen LogP contribution < -0.4 is 21.1 Å². The Morgan fingerprint density at radius 2 is 2.11 bits per heavy atom. The Balaban J connectivity index is 1.74. The van der Waals surface area contributed by atoms with E-state index >= 15 is 0 Å². The molecule has 1 fully saturated rings. The largest absolute Gasteiger partial charge is 0.494 e. The molecule has 1 amide bonds. The van der Waals surface area contributed by atoms with E-state index in [2.05, 4.69) is 42.6 Å². The highest BCUT2D eigenvalue weighted by Crippen LogP contribution is 2.37. The number of halogens is 2. The van der Waals surface area contributed by atoms with Crippen molar-refractivity contribution in [2.24, 2.45) is 16.6 Å². The van der Waals surface area contributed by atoms with Gasteiger partial charge in [-0.25, -0.2) is 13.8 Å². The number of nitrogens with zero attached hydrogens (tertiary/aromatic N) is 4. The van der Waals surface area contributed by atoms with Gasteiger partial charge in [-0.05, 0) is 55.3 Å². The van der Waals surface area contributed by atoms with Crippen LogP contribution in [-0.4, -0.2) is 41.1 Å². The van der Waals surface area contributed by atoms with Crippen molar-refractivity contribution in [3.63, 3.8) is 0 Å². The second kappa shape index (κ2) is 11.6. The van der Waals surface area contributed by atoms with E-state index in [9.17, 15) is 13.6 Å². The average molecular weight is 524 g/mol. The summed E-state index contributed by atoms with van der Waals surface area (Å²) in [5.74, 6) is 6.34. The number of benzene rings is 1. The molecule has 3 aromatic rings. The second-order valence-electron chi connectivity index (χ2n) is 7.91. The number of nitrogens with one attached hydrogen (secondary N) is 2. The smallest absolute Gasteiger partial charge is 0.280 e. The Labute approximate surface area is 215 Å². The van der Waals surface area contributed by atoms with Gasteiger partial charge in [0.1, 0.15) is 17.3 Å². The molecule has 0 unspecified atom stereocenters. The van der Waals surface area contributed by atoms with Gasteiger partial charge in [-0.2, -0.15) is 0 Å². The molecule has 0 bridgehead atoms. The van der Waals surface area contributed by atoms with E-state index < -0.39 is 18.0 Å². The number of carbonyl (C=O) groups excluding carboxylic acids is 1. The molecule has 1 aromatic carbocycles. The molecule has 1 saturated carbocycles. The maximum absolute atomic E-state index is 13.5. The van der Waals surface area contributed by atoms with E-state index in [-0.39, 0.29) is 27.8 Å². The van der Waals surface area contributed by atoms with Crippen LogP contribution in [0.3, 0.4) is 0 Å². The van der Waals surface area contributed by atoms with Crippen LogP contribution in [0.5, 0.6) is 5.75 Å². The van der Waals surface area contributed by atoms with Crippen molar-refractivity contribution in [1.29, 1.82) is 0 Å². The summed E-state index contributed by atoms with van der Waals surface area (Å²) in [6.07, 6.45) is 3.70. The van der Waals surface area contributed by atoms with Crippen molar-refractivity contribution in [1.82, 2.24) is 20.5 Å². The molecule has 0 atom stereocenters. The molecule has 0 saturated heterocycles. The fraction of sp³-hybridized carbons (Fsp3) is 0.240. The third kappa shape index (κ3) is 6.65. The molecule has 0 spiro atoms. The number of amides is 1. The minimum atomic E-state index is -2.82. The van der Waals surface area contributed by atoms with E-state index in [0.29, 0.717) is 22.2 Å². The van der Waals surface area contributed by atoms with E-state index in [0.717, 1.165) is 24.2 Å². The summed E-state index contributed by atoms with van der Waals surface area (Å²) in [5, 5.41) is 14.3. The molecule has 2 aromatic heterocycles. The predicted octanol–water partition coefficient (Wildman–Crippen LogP) is 4.28. The lowest BCUT2D eigenvalue weighted by molar-refractivity contribution is 0.102. The molecule has 0 radical (unpaired) electrons. The number of hydrogen-bond acceptors (Lipinski definition) is 8. The highest BCUT2D eigenvalue weighted by atomic mass is 32.1. The summed E-state index contributed by atoms with van der Waals surface area (Å²) >= 11 is 1.15. The first-order valence-electron chi connectivity index (χ1n) is 11.2. The molecule has 9 nitrogen and oxygen atoms in total. The number of anilines is 1. The molecule has 4 N–H and O–H groups in total. The van der Waals surface area contributed by atoms with Crippen LogP contribution in [0.4, 0.5) is 19.6 Å². The molecule has 1 aliphatic carbocycles. The number of hydrogen-bond donors (Lipinski definition) is 3. The molecular weight excluding hydrogens is 500 g/mol. The second-order valence-corrected chi connectivity index (χ2v) is 8.89. The van der Waals surface area contributed by atoms with Gasteiger partial charge in [-0.1, -0.05) is 17.3 Å². The summed E-state index contributed by atoms with van der Waals surface area (Å²) < 4.78 is 32.3. The lowest BCUT2D eigenvalue weighted by atomic mass is 9.97. The first-order chi connectivity index (χ1) is 17.9. The molecular formula is C25H23F2N7O2S. The Bertz CT molecular complexity index is 1420. The Hall–Kier alpha value is -4.37. The SMILES string of the molecule is CN/C=C\C(N)=Nc1ccc(C(=O)Nc2nnc(C#CC3CC3)s2)c(-c2cc(C(F)F)ncc2OC)c1. The third-order valence-electron chi connectivity index (χ3n) is 5.15. The van der Waals surface area contributed by atoms with E-state index in [4.69, 9.17) is 10.5 Å². The highest BCUT2D eigenvalue weighted by molar-refractivity contribution is 7.15. The first-order valence-corrected chi connectivity index (χ1v) is 12.0. The normalized spacial score (nSPS) is 13.4. The predicted molar refractivity (Wildman–Crippen MR) is 138 cm³/mol. The van der Waals surface area contributed by atoms with Crippen molar-refractivity contribution in [3.05, 3.63) is 59.0 Å². The third-order valence-corrected chi connectivity index (χ3v) is 5.91. The van der Waals surface area contributed by atoms with Crippen LogP contribution >= 0.6 is 11.3 Å². The summed E-state index contributed by atoms with van der Waals surface area (Å²) in [5.41, 5.74) is 6.58. The number of nitrogens with two attached hydrogens (primary N) is 1. The van der Waals surface area contributed by atoms with Crippen molar-refractivity contribution in [2.75, 3.05) is 19.5 Å². The van der Waals surface area contributed by atoms with Crippen LogP contribution in [0.1, 0.15) is 40.3 Å². The number of amidine groups is 1. The van der Waals surface area contributed by atoms with Crippen LogP contribution in [-0.2, 0) is 0 Å². The molecule has 0 aliphatic heterocycles. The summed E-state index contributed by atoms with van der Waals surface area (Å²) in [4.78, 5) is 21.4. The minimum absolute atomic E-state index is 0.175. The molecule has 12 heteroatoms. The number of methoxy groups -OCH3 is 1. The van der Waals surface area contributed by atoms with Crippen molar-refractivity contribution in [3.8, 4) is 28.7 Å². The number of carbonyl (C=O) groups is 1. The fourth-order valence-corrected chi connectivity index (χ4v) is 3.81. The van der Waals surface area contributed by atoms with Crippen LogP contribution in [0, 0.1) is 17.8 Å². The highest BCUT2D eigenvalue weighted by Gasteiger charge is 2.21. The van der Waals surface area contributed by atoms with Gasteiger partial charge in [-0.15, -0.1) is 10.2 Å². The molecule has 1 aliphatic rings. The van der Waals surface area contributed by atoms with Crippen LogP contribution in [0.25, 0.3) is 11.1 Å². The van der Waals surface area contributed by atoms with Crippen LogP contribution in [0.2, 0.25) is 0 Å². The number of alkyl halides is 2. The monoisotopic (exact) mass is 523 g/mol. The number of aromatic nitrogens is 3. The minimum Gasteiger partial charge on any atom is -0.494 e. The summed E-state index contributed by atoms with van der Waals surface area (Å²) in [6, 6.07) is 5.86. The Morgan fingerprint density at radius 3 is 2.81 bits per heavy atom. The zero-order valence-corrected chi connectivity index (χ0v) is 20.8. The number of rotatable bonds is 8. The van der Waals surface area contributed by atoms with E-state index in [1.807, 2.05) is 0 Å². The van der Waals surface area contributed by atoms with Gasteiger partial charge >= 0.3 is 0 Å². The van der Waals surface area contributed by atoms with Crippen LogP contribution in [0.15, 0.2) is 47.7 Å².